The number of hydrogen-bond donors (Lipinski definition) is 1. The maximum Gasteiger partial charge on any atom is 0.326 e. The zero-order valence-corrected chi connectivity index (χ0v) is 9.09. The van der Waals surface area contributed by atoms with Gasteiger partial charge in [0.2, 0.25) is 0 Å². The Hall–Kier alpha value is -0.570. The molecule has 0 aromatic carbocycles. The van der Waals surface area contributed by atoms with Gasteiger partial charge >= 0.3 is 5.97 Å². The van der Waals surface area contributed by atoms with Crippen molar-refractivity contribution in [3.05, 3.63) is 0 Å². The molecule has 0 bridgehead atoms. The standard InChI is InChI=1S/C10H21NO2/c1-5-6-7-10(11,8(2)3)9(12)13-4/h8H,5-7,11H2,1-4H3/t10-/m0/s1. The first-order chi connectivity index (χ1) is 5.99. The van der Waals surface area contributed by atoms with Crippen LogP contribution in [-0.4, -0.2) is 18.6 Å². The van der Waals surface area contributed by atoms with Crippen LogP contribution in [0, 0.1) is 5.92 Å². The lowest BCUT2D eigenvalue weighted by atomic mass is 9.83. The Morgan fingerprint density at radius 1 is 1.54 bits per heavy atom. The quantitative estimate of drug-likeness (QED) is 0.666. The van der Waals surface area contributed by atoms with Gasteiger partial charge in [-0.1, -0.05) is 33.6 Å². The van der Waals surface area contributed by atoms with Crippen molar-refractivity contribution in [2.75, 3.05) is 7.11 Å². The average molecular weight is 187 g/mol. The van der Waals surface area contributed by atoms with Crippen LogP contribution in [0.1, 0.15) is 40.0 Å². The van der Waals surface area contributed by atoms with Crippen molar-refractivity contribution in [3.8, 4) is 0 Å². The van der Waals surface area contributed by atoms with E-state index in [0.29, 0.717) is 6.42 Å². The maximum absolute atomic E-state index is 11.4. The van der Waals surface area contributed by atoms with Gasteiger partial charge in [0.05, 0.1) is 7.11 Å². The van der Waals surface area contributed by atoms with Gasteiger partial charge in [0.25, 0.3) is 0 Å². The maximum atomic E-state index is 11.4. The monoisotopic (exact) mass is 187 g/mol. The van der Waals surface area contributed by atoms with Crippen molar-refractivity contribution >= 4 is 5.97 Å². The van der Waals surface area contributed by atoms with Gasteiger partial charge < -0.3 is 10.5 Å². The molecule has 0 aliphatic rings. The number of ether oxygens (including phenoxy) is 1. The lowest BCUT2D eigenvalue weighted by molar-refractivity contribution is -0.149. The van der Waals surface area contributed by atoms with Gasteiger partial charge in [0.1, 0.15) is 5.54 Å². The fourth-order valence-electron chi connectivity index (χ4n) is 1.29. The first kappa shape index (κ1) is 12.4. The number of nitrogens with two attached hydrogens (primary N) is 1. The SMILES string of the molecule is CCCC[C@@](N)(C(=O)OC)C(C)C. The summed E-state index contributed by atoms with van der Waals surface area (Å²) in [5.74, 6) is -0.178. The molecule has 0 aromatic rings. The second-order valence-corrected chi connectivity index (χ2v) is 3.79. The van der Waals surface area contributed by atoms with Crippen LogP contribution in [0.3, 0.4) is 0 Å². The van der Waals surface area contributed by atoms with E-state index in [-0.39, 0.29) is 11.9 Å². The molecule has 0 aromatic heterocycles. The second-order valence-electron chi connectivity index (χ2n) is 3.79. The summed E-state index contributed by atoms with van der Waals surface area (Å²) in [5.41, 5.74) is 5.21. The average Bonchev–Trinajstić information content (AvgIpc) is 2.12. The molecule has 78 valence electrons. The normalized spacial score (nSPS) is 15.5. The van der Waals surface area contributed by atoms with Crippen LogP contribution in [0.15, 0.2) is 0 Å². The molecule has 0 aliphatic heterocycles. The molecule has 3 heteroatoms. The number of methoxy groups -OCH3 is 1. The molecule has 3 nitrogen and oxygen atoms in total. The zero-order chi connectivity index (χ0) is 10.5. The van der Waals surface area contributed by atoms with E-state index in [1.54, 1.807) is 0 Å². The summed E-state index contributed by atoms with van der Waals surface area (Å²) in [7, 11) is 1.39. The fourth-order valence-corrected chi connectivity index (χ4v) is 1.29. The molecule has 0 amide bonds. The van der Waals surface area contributed by atoms with E-state index >= 15 is 0 Å². The molecule has 0 rings (SSSR count). The molecule has 2 N–H and O–H groups in total. The van der Waals surface area contributed by atoms with E-state index in [1.807, 2.05) is 13.8 Å². The smallest absolute Gasteiger partial charge is 0.326 e. The Morgan fingerprint density at radius 2 is 2.08 bits per heavy atom. The molecule has 0 unspecified atom stereocenters. The molecular weight excluding hydrogens is 166 g/mol. The van der Waals surface area contributed by atoms with Crippen LogP contribution in [0.4, 0.5) is 0 Å². The zero-order valence-electron chi connectivity index (χ0n) is 9.09. The van der Waals surface area contributed by atoms with Crippen LogP contribution < -0.4 is 5.73 Å². The van der Waals surface area contributed by atoms with Crippen molar-refractivity contribution in [2.45, 2.75) is 45.6 Å². The van der Waals surface area contributed by atoms with Crippen molar-refractivity contribution in [1.29, 1.82) is 0 Å². The Labute approximate surface area is 80.6 Å². The van der Waals surface area contributed by atoms with Gasteiger partial charge in [0, 0.05) is 0 Å². The first-order valence-electron chi connectivity index (χ1n) is 4.86. The lowest BCUT2D eigenvalue weighted by Gasteiger charge is -2.30. The number of carbonyl (C=O) groups excluding carboxylic acids is 1. The van der Waals surface area contributed by atoms with E-state index in [0.717, 1.165) is 12.8 Å². The Bertz CT molecular complexity index is 168. The summed E-state index contributed by atoms with van der Waals surface area (Å²) in [6.45, 7) is 5.98. The number of rotatable bonds is 5. The third-order valence-corrected chi connectivity index (χ3v) is 2.54. The van der Waals surface area contributed by atoms with Gasteiger partial charge in [-0.05, 0) is 12.3 Å². The largest absolute Gasteiger partial charge is 0.468 e. The van der Waals surface area contributed by atoms with Crippen molar-refractivity contribution in [1.82, 2.24) is 0 Å². The third kappa shape index (κ3) is 2.99. The topological polar surface area (TPSA) is 52.3 Å². The van der Waals surface area contributed by atoms with Crippen LogP contribution in [0.25, 0.3) is 0 Å². The summed E-state index contributed by atoms with van der Waals surface area (Å²) < 4.78 is 4.71. The van der Waals surface area contributed by atoms with Crippen molar-refractivity contribution < 1.29 is 9.53 Å². The molecule has 0 radical (unpaired) electrons. The molecule has 0 saturated carbocycles. The lowest BCUT2D eigenvalue weighted by Crippen LogP contribution is -2.53. The number of carbonyl (C=O) groups is 1. The highest BCUT2D eigenvalue weighted by Gasteiger charge is 2.37. The Morgan fingerprint density at radius 3 is 2.38 bits per heavy atom. The van der Waals surface area contributed by atoms with Crippen LogP contribution >= 0.6 is 0 Å². The molecule has 0 fully saturated rings. The highest BCUT2D eigenvalue weighted by molar-refractivity contribution is 5.80. The summed E-state index contributed by atoms with van der Waals surface area (Å²) in [4.78, 5) is 11.4. The van der Waals surface area contributed by atoms with Crippen molar-refractivity contribution in [3.63, 3.8) is 0 Å². The highest BCUT2D eigenvalue weighted by Crippen LogP contribution is 2.22. The molecule has 0 heterocycles. The first-order valence-corrected chi connectivity index (χ1v) is 4.86. The molecule has 0 aliphatic carbocycles. The van der Waals surface area contributed by atoms with Crippen LogP contribution in [0.5, 0.6) is 0 Å². The summed E-state index contributed by atoms with van der Waals surface area (Å²) in [6.07, 6.45) is 2.71. The number of unbranched alkanes of at least 4 members (excludes halogenated alkanes) is 1. The molecule has 1 atom stereocenters. The van der Waals surface area contributed by atoms with Gasteiger partial charge in [-0.25, -0.2) is 0 Å². The van der Waals surface area contributed by atoms with Crippen LogP contribution in [-0.2, 0) is 9.53 Å². The summed E-state index contributed by atoms with van der Waals surface area (Å²) in [5, 5.41) is 0. The Kier molecular flexibility index (Phi) is 4.99. The van der Waals surface area contributed by atoms with Gasteiger partial charge in [-0.3, -0.25) is 4.79 Å². The summed E-state index contributed by atoms with van der Waals surface area (Å²) >= 11 is 0. The predicted octanol–water partition coefficient (Wildman–Crippen LogP) is 1.70. The Balaban J connectivity index is 4.43. The van der Waals surface area contributed by atoms with E-state index in [2.05, 4.69) is 6.92 Å². The van der Waals surface area contributed by atoms with E-state index < -0.39 is 5.54 Å². The minimum absolute atomic E-state index is 0.117. The predicted molar refractivity (Wildman–Crippen MR) is 53.3 cm³/mol. The number of esters is 1. The molecule has 0 saturated heterocycles. The van der Waals surface area contributed by atoms with Crippen molar-refractivity contribution in [2.24, 2.45) is 11.7 Å². The van der Waals surface area contributed by atoms with E-state index in [9.17, 15) is 4.79 Å². The van der Waals surface area contributed by atoms with Crippen LogP contribution in [0.2, 0.25) is 0 Å². The third-order valence-electron chi connectivity index (χ3n) is 2.54. The molecule has 0 spiro atoms. The molecule has 13 heavy (non-hydrogen) atoms. The van der Waals surface area contributed by atoms with Gasteiger partial charge in [0.15, 0.2) is 0 Å². The van der Waals surface area contributed by atoms with Gasteiger partial charge in [-0.2, -0.15) is 0 Å². The summed E-state index contributed by atoms with van der Waals surface area (Å²) in [6, 6.07) is 0. The second kappa shape index (κ2) is 5.22. The minimum Gasteiger partial charge on any atom is -0.468 e. The minimum atomic E-state index is -0.801. The fraction of sp³-hybridized carbons (Fsp3) is 0.900. The number of hydrogen-bond acceptors (Lipinski definition) is 3. The molecular formula is C10H21NO2. The van der Waals surface area contributed by atoms with E-state index in [1.165, 1.54) is 7.11 Å². The van der Waals surface area contributed by atoms with Gasteiger partial charge in [-0.15, -0.1) is 0 Å². The van der Waals surface area contributed by atoms with E-state index in [4.69, 9.17) is 10.5 Å². The highest BCUT2D eigenvalue weighted by atomic mass is 16.5.